The SMILES string of the molecule is CCOc1cccn(Cc2cccc(F)c2)c1=O. The smallest absolute Gasteiger partial charge is 0.293 e. The van der Waals surface area contributed by atoms with E-state index in [-0.39, 0.29) is 11.4 Å². The lowest BCUT2D eigenvalue weighted by molar-refractivity contribution is 0.332. The Balaban J connectivity index is 2.29. The van der Waals surface area contributed by atoms with E-state index in [1.165, 1.54) is 16.7 Å². The van der Waals surface area contributed by atoms with Gasteiger partial charge in [-0.05, 0) is 36.8 Å². The molecule has 1 heterocycles. The summed E-state index contributed by atoms with van der Waals surface area (Å²) in [6.07, 6.45) is 1.66. The molecular weight excluding hydrogens is 233 g/mol. The van der Waals surface area contributed by atoms with E-state index in [9.17, 15) is 9.18 Å². The van der Waals surface area contributed by atoms with E-state index in [0.717, 1.165) is 5.56 Å². The molecule has 0 aliphatic rings. The molecule has 0 radical (unpaired) electrons. The van der Waals surface area contributed by atoms with Crippen LogP contribution in [0.15, 0.2) is 47.4 Å². The maximum absolute atomic E-state index is 13.1. The highest BCUT2D eigenvalue weighted by Gasteiger charge is 2.04. The molecule has 3 nitrogen and oxygen atoms in total. The van der Waals surface area contributed by atoms with Crippen LogP contribution >= 0.6 is 0 Å². The number of nitrogens with zero attached hydrogens (tertiary/aromatic N) is 1. The van der Waals surface area contributed by atoms with Crippen molar-refractivity contribution in [3.8, 4) is 5.75 Å². The zero-order chi connectivity index (χ0) is 13.0. The Morgan fingerprint density at radius 1 is 1.28 bits per heavy atom. The molecule has 0 aliphatic carbocycles. The monoisotopic (exact) mass is 247 g/mol. The van der Waals surface area contributed by atoms with Gasteiger partial charge in [-0.15, -0.1) is 0 Å². The first-order chi connectivity index (χ1) is 8.70. The van der Waals surface area contributed by atoms with Gasteiger partial charge in [-0.3, -0.25) is 4.79 Å². The van der Waals surface area contributed by atoms with Crippen LogP contribution in [0.5, 0.6) is 5.75 Å². The van der Waals surface area contributed by atoms with Gasteiger partial charge in [0.2, 0.25) is 0 Å². The van der Waals surface area contributed by atoms with Crippen LogP contribution in [0.3, 0.4) is 0 Å². The fourth-order valence-corrected chi connectivity index (χ4v) is 1.74. The van der Waals surface area contributed by atoms with Crippen molar-refractivity contribution in [2.24, 2.45) is 0 Å². The highest BCUT2D eigenvalue weighted by atomic mass is 19.1. The number of hydrogen-bond donors (Lipinski definition) is 0. The van der Waals surface area contributed by atoms with Crippen LogP contribution in [-0.2, 0) is 6.54 Å². The van der Waals surface area contributed by atoms with Gasteiger partial charge in [-0.1, -0.05) is 12.1 Å². The van der Waals surface area contributed by atoms with Gasteiger partial charge in [0.25, 0.3) is 5.56 Å². The van der Waals surface area contributed by atoms with E-state index < -0.39 is 0 Å². The topological polar surface area (TPSA) is 31.2 Å². The Hall–Kier alpha value is -2.10. The second-order valence-electron chi connectivity index (χ2n) is 3.87. The summed E-state index contributed by atoms with van der Waals surface area (Å²) in [7, 11) is 0. The molecule has 0 bridgehead atoms. The molecule has 0 amide bonds. The number of hydrogen-bond acceptors (Lipinski definition) is 2. The molecule has 1 aromatic carbocycles. The molecule has 18 heavy (non-hydrogen) atoms. The molecule has 0 saturated carbocycles. The number of rotatable bonds is 4. The maximum Gasteiger partial charge on any atom is 0.293 e. The lowest BCUT2D eigenvalue weighted by Gasteiger charge is -2.08. The lowest BCUT2D eigenvalue weighted by atomic mass is 10.2. The second kappa shape index (κ2) is 5.49. The Morgan fingerprint density at radius 2 is 2.11 bits per heavy atom. The van der Waals surface area contributed by atoms with E-state index in [2.05, 4.69) is 0 Å². The molecular formula is C14H14FNO2. The second-order valence-corrected chi connectivity index (χ2v) is 3.87. The predicted octanol–water partition coefficient (Wildman–Crippen LogP) is 2.43. The summed E-state index contributed by atoms with van der Waals surface area (Å²) in [5.74, 6) is 0.0120. The van der Waals surface area contributed by atoms with Gasteiger partial charge in [-0.2, -0.15) is 0 Å². The van der Waals surface area contributed by atoms with Crippen LogP contribution in [0.1, 0.15) is 12.5 Å². The molecule has 2 rings (SSSR count). The molecule has 4 heteroatoms. The standard InChI is InChI=1S/C14H14FNO2/c1-2-18-13-7-4-8-16(14(13)17)10-11-5-3-6-12(15)9-11/h3-9H,2,10H2,1H3. The fourth-order valence-electron chi connectivity index (χ4n) is 1.74. The third kappa shape index (κ3) is 2.77. The molecule has 0 spiro atoms. The lowest BCUT2D eigenvalue weighted by Crippen LogP contribution is -2.21. The number of ether oxygens (including phenoxy) is 1. The van der Waals surface area contributed by atoms with Gasteiger partial charge < -0.3 is 9.30 Å². The number of halogens is 1. The van der Waals surface area contributed by atoms with Gasteiger partial charge in [0.15, 0.2) is 5.75 Å². The van der Waals surface area contributed by atoms with Gasteiger partial charge >= 0.3 is 0 Å². The molecule has 0 unspecified atom stereocenters. The van der Waals surface area contributed by atoms with Crippen molar-refractivity contribution >= 4 is 0 Å². The first kappa shape index (κ1) is 12.4. The van der Waals surface area contributed by atoms with Crippen molar-refractivity contribution in [1.29, 1.82) is 0 Å². The average Bonchev–Trinajstić information content (AvgIpc) is 2.35. The highest BCUT2D eigenvalue weighted by molar-refractivity contribution is 5.20. The summed E-state index contributed by atoms with van der Waals surface area (Å²) in [5.41, 5.74) is 0.536. The van der Waals surface area contributed by atoms with Crippen LogP contribution in [0, 0.1) is 5.82 Å². The summed E-state index contributed by atoms with van der Waals surface area (Å²) in [4.78, 5) is 12.0. The Labute approximate surface area is 104 Å². The molecule has 0 atom stereocenters. The first-order valence-corrected chi connectivity index (χ1v) is 5.77. The van der Waals surface area contributed by atoms with Crippen LogP contribution in [0.4, 0.5) is 4.39 Å². The van der Waals surface area contributed by atoms with Crippen molar-refractivity contribution in [2.75, 3.05) is 6.61 Å². The van der Waals surface area contributed by atoms with Crippen LogP contribution in [-0.4, -0.2) is 11.2 Å². The summed E-state index contributed by atoms with van der Waals surface area (Å²) in [5, 5.41) is 0. The van der Waals surface area contributed by atoms with Crippen molar-refractivity contribution < 1.29 is 9.13 Å². The van der Waals surface area contributed by atoms with Crippen LogP contribution in [0.2, 0.25) is 0 Å². The van der Waals surface area contributed by atoms with Crippen LogP contribution < -0.4 is 10.3 Å². The maximum atomic E-state index is 13.1. The summed E-state index contributed by atoms with van der Waals surface area (Å²) in [6.45, 7) is 2.60. The van der Waals surface area contributed by atoms with E-state index in [0.29, 0.717) is 18.9 Å². The molecule has 0 fully saturated rings. The highest BCUT2D eigenvalue weighted by Crippen LogP contribution is 2.07. The normalized spacial score (nSPS) is 10.3. The number of aromatic nitrogens is 1. The van der Waals surface area contributed by atoms with E-state index >= 15 is 0 Å². The Kier molecular flexibility index (Phi) is 3.77. The summed E-state index contributed by atoms with van der Waals surface area (Å²) >= 11 is 0. The third-order valence-corrected chi connectivity index (χ3v) is 2.53. The number of pyridine rings is 1. The van der Waals surface area contributed by atoms with Gasteiger partial charge in [-0.25, -0.2) is 4.39 Å². The van der Waals surface area contributed by atoms with E-state index in [1.54, 1.807) is 30.5 Å². The minimum Gasteiger partial charge on any atom is -0.488 e. The predicted molar refractivity (Wildman–Crippen MR) is 67.4 cm³/mol. The Morgan fingerprint density at radius 3 is 2.83 bits per heavy atom. The fraction of sp³-hybridized carbons (Fsp3) is 0.214. The molecule has 0 aliphatic heterocycles. The average molecular weight is 247 g/mol. The molecule has 94 valence electrons. The van der Waals surface area contributed by atoms with Crippen molar-refractivity contribution in [2.45, 2.75) is 13.5 Å². The van der Waals surface area contributed by atoms with Gasteiger partial charge in [0, 0.05) is 6.20 Å². The third-order valence-electron chi connectivity index (χ3n) is 2.53. The molecule has 2 aromatic rings. The minimum atomic E-state index is -0.304. The minimum absolute atomic E-state index is 0.205. The van der Waals surface area contributed by atoms with E-state index in [1.807, 2.05) is 6.92 Å². The van der Waals surface area contributed by atoms with Gasteiger partial charge in [0.1, 0.15) is 5.82 Å². The number of benzene rings is 1. The van der Waals surface area contributed by atoms with Gasteiger partial charge in [0.05, 0.1) is 13.2 Å². The zero-order valence-electron chi connectivity index (χ0n) is 10.1. The van der Waals surface area contributed by atoms with Crippen LogP contribution in [0.25, 0.3) is 0 Å². The molecule has 1 aromatic heterocycles. The summed E-state index contributed by atoms with van der Waals surface area (Å²) < 4.78 is 19.8. The van der Waals surface area contributed by atoms with Crippen molar-refractivity contribution in [1.82, 2.24) is 4.57 Å². The van der Waals surface area contributed by atoms with Crippen molar-refractivity contribution in [3.05, 3.63) is 64.3 Å². The zero-order valence-corrected chi connectivity index (χ0v) is 10.1. The van der Waals surface area contributed by atoms with E-state index in [4.69, 9.17) is 4.74 Å². The largest absolute Gasteiger partial charge is 0.488 e. The molecule has 0 saturated heterocycles. The quantitative estimate of drug-likeness (QED) is 0.831. The first-order valence-electron chi connectivity index (χ1n) is 5.77. The van der Waals surface area contributed by atoms with Crippen molar-refractivity contribution in [3.63, 3.8) is 0 Å². The Bertz CT molecular complexity index is 592. The molecule has 0 N–H and O–H groups in total. The summed E-state index contributed by atoms with van der Waals surface area (Å²) in [6, 6.07) is 9.58.